The van der Waals surface area contributed by atoms with Crippen LogP contribution in [-0.4, -0.2) is 128 Å². The van der Waals surface area contributed by atoms with Crippen molar-refractivity contribution in [3.63, 3.8) is 0 Å². The number of benzene rings is 1. The standard InChI is InChI=1S/C37H43F3N8O8S2.HI/c1-36(2,3)55-34(54)37(4,5)56-44-25(23-18-58-35(41)42-23)30(50)43-26-31(51)47-14-19(17-57-32(26)47)16-48(6)11-9-45(10-12-48)28-22(39)13-20-27(24(28)40)46(8-7-38)15-21(29(20)49)33(52)53;/h13-15,18,26,32H,7-12,16-17H2,1-6H3,(H3-,41,42,43,50,52,53);1H/b44-25-;/t26-,32-;/m0./s1. The second kappa shape index (κ2) is 17.3. The number of carboxylic acid groups (broad SMARTS) is 1. The summed E-state index contributed by atoms with van der Waals surface area (Å²) in [5.74, 6) is -4.98. The summed E-state index contributed by atoms with van der Waals surface area (Å²) in [4.78, 5) is 76.8. The van der Waals surface area contributed by atoms with Gasteiger partial charge in [-0.2, -0.15) is 0 Å². The number of likely N-dealkylation sites (N-methyl/N-ethyl adjacent to an activating group) is 1. The molecule has 2 fully saturated rings. The molecule has 1 aromatic carbocycles. The maximum Gasteiger partial charge on any atom is 0.353 e. The molecule has 59 heavy (non-hydrogen) atoms. The van der Waals surface area contributed by atoms with E-state index in [2.05, 4.69) is 15.5 Å². The minimum Gasteiger partial charge on any atom is -1.00 e. The van der Waals surface area contributed by atoms with Gasteiger partial charge in [-0.25, -0.2) is 27.7 Å². The van der Waals surface area contributed by atoms with E-state index >= 15 is 8.78 Å². The fourth-order valence-electron chi connectivity index (χ4n) is 6.86. The van der Waals surface area contributed by atoms with Crippen LogP contribution in [0.25, 0.3) is 10.9 Å². The number of amides is 2. The summed E-state index contributed by atoms with van der Waals surface area (Å²) in [7, 11) is 1.99. The number of hydrogen-bond donors (Lipinski definition) is 3. The Kier molecular flexibility index (Phi) is 13.4. The molecular weight excluding hydrogens is 932 g/mol. The lowest BCUT2D eigenvalue weighted by atomic mass is 10.1. The molecule has 4 N–H and O–H groups in total. The fraction of sp³-hybridized carbons (Fsp3) is 0.486. The highest BCUT2D eigenvalue weighted by atomic mass is 127. The van der Waals surface area contributed by atoms with Crippen LogP contribution in [0.3, 0.4) is 0 Å². The van der Waals surface area contributed by atoms with E-state index in [0.29, 0.717) is 29.9 Å². The van der Waals surface area contributed by atoms with E-state index < -0.39 is 81.7 Å². The number of nitrogens with one attached hydrogen (secondary N) is 1. The van der Waals surface area contributed by atoms with E-state index in [1.165, 1.54) is 35.9 Å². The number of nitrogens with two attached hydrogens (primary N) is 1. The van der Waals surface area contributed by atoms with Gasteiger partial charge in [-0.05, 0) is 40.7 Å². The highest BCUT2D eigenvalue weighted by molar-refractivity contribution is 8.00. The van der Waals surface area contributed by atoms with E-state index in [9.17, 15) is 33.5 Å². The highest BCUT2D eigenvalue weighted by Gasteiger charge is 2.50. The first-order chi connectivity index (χ1) is 27.1. The summed E-state index contributed by atoms with van der Waals surface area (Å²) in [6, 6.07) is -0.0865. The summed E-state index contributed by atoms with van der Waals surface area (Å²) < 4.78 is 51.9. The molecule has 22 heteroatoms. The van der Waals surface area contributed by atoms with Crippen LogP contribution in [0.2, 0.25) is 0 Å². The molecule has 0 radical (unpaired) electrons. The minimum atomic E-state index is -1.59. The average molecular weight is 977 g/mol. The molecule has 6 rings (SSSR count). The van der Waals surface area contributed by atoms with Crippen molar-refractivity contribution >= 4 is 74.3 Å². The summed E-state index contributed by atoms with van der Waals surface area (Å²) in [6.45, 7) is 8.48. The van der Waals surface area contributed by atoms with Crippen molar-refractivity contribution < 1.29 is 75.5 Å². The number of carbonyl (C=O) groups excluding carboxylic acids is 3. The number of nitrogen functional groups attached to an aromatic ring is 1. The van der Waals surface area contributed by atoms with Crippen LogP contribution in [0.15, 0.2) is 39.4 Å². The number of thiazole rings is 1. The first kappa shape index (κ1) is 45.7. The topological polar surface area (TPSA) is 199 Å². The van der Waals surface area contributed by atoms with Crippen LogP contribution in [0.1, 0.15) is 50.7 Å². The first-order valence-electron chi connectivity index (χ1n) is 18.2. The quantitative estimate of drug-likeness (QED) is 0.0553. The number of ether oxygens (including phenoxy) is 1. The van der Waals surface area contributed by atoms with Crippen molar-refractivity contribution in [2.75, 3.05) is 62.8 Å². The van der Waals surface area contributed by atoms with Crippen LogP contribution < -0.4 is 45.4 Å². The molecule has 2 saturated heterocycles. The van der Waals surface area contributed by atoms with Crippen LogP contribution in [0.4, 0.5) is 24.0 Å². The highest BCUT2D eigenvalue weighted by Crippen LogP contribution is 2.38. The van der Waals surface area contributed by atoms with Gasteiger partial charge in [0.05, 0.1) is 50.7 Å². The molecule has 0 saturated carbocycles. The lowest BCUT2D eigenvalue weighted by Gasteiger charge is -2.48. The van der Waals surface area contributed by atoms with Crippen LogP contribution in [-0.2, 0) is 30.5 Å². The van der Waals surface area contributed by atoms with Crippen LogP contribution >= 0.6 is 23.1 Å². The Balaban J connectivity index is 0.00000661. The number of rotatable bonds is 12. The lowest BCUT2D eigenvalue weighted by Crippen LogP contribution is -3.00. The summed E-state index contributed by atoms with van der Waals surface area (Å²) in [5, 5.41) is 16.9. The van der Waals surface area contributed by atoms with Crippen molar-refractivity contribution in [1.82, 2.24) is 19.8 Å². The molecule has 2 aromatic heterocycles. The number of carbonyl (C=O) groups is 4. The van der Waals surface area contributed by atoms with Crippen LogP contribution in [0.5, 0.6) is 0 Å². The number of quaternary nitrogens is 1. The molecule has 16 nitrogen and oxygen atoms in total. The van der Waals surface area contributed by atoms with E-state index in [0.717, 1.165) is 33.7 Å². The normalized spacial score (nSPS) is 19.3. The smallest absolute Gasteiger partial charge is 0.353 e. The number of piperazine rings is 1. The first-order valence-corrected chi connectivity index (χ1v) is 20.1. The zero-order valence-electron chi connectivity index (χ0n) is 33.0. The molecule has 3 aromatic rings. The van der Waals surface area contributed by atoms with Gasteiger partial charge in [-0.3, -0.25) is 14.4 Å². The number of aryl methyl sites for hydroxylation is 1. The van der Waals surface area contributed by atoms with Crippen molar-refractivity contribution in [1.29, 1.82) is 0 Å². The summed E-state index contributed by atoms with van der Waals surface area (Å²) in [6.07, 6.45) is 2.64. The number of β-lactam (4-membered cyclic amide) rings is 1. The van der Waals surface area contributed by atoms with E-state index in [1.807, 2.05) is 7.05 Å². The van der Waals surface area contributed by atoms with Gasteiger partial charge in [-0.15, -0.1) is 23.1 Å². The van der Waals surface area contributed by atoms with Gasteiger partial charge in [0, 0.05) is 29.1 Å². The molecule has 2 amide bonds. The number of aromatic nitrogens is 2. The Morgan fingerprint density at radius 1 is 1.15 bits per heavy atom. The minimum absolute atomic E-state index is 0. The number of pyridine rings is 1. The number of thioether (sulfide) groups is 1. The average Bonchev–Trinajstić information content (AvgIpc) is 3.57. The number of anilines is 2. The number of hydrogen-bond acceptors (Lipinski definition) is 13. The Bertz CT molecular complexity index is 2310. The Hall–Kier alpha value is -4.42. The van der Waals surface area contributed by atoms with Crippen LogP contribution in [0, 0.1) is 11.6 Å². The predicted molar refractivity (Wildman–Crippen MR) is 211 cm³/mol. The maximum atomic E-state index is 16.1. The number of halogens is 4. The molecule has 0 spiro atoms. The zero-order valence-corrected chi connectivity index (χ0v) is 36.8. The molecule has 0 unspecified atom stereocenters. The molecule has 0 aliphatic carbocycles. The second-order valence-electron chi connectivity index (χ2n) is 16.0. The molecule has 3 aliphatic heterocycles. The van der Waals surface area contributed by atoms with Crippen molar-refractivity contribution in [2.45, 2.75) is 63.8 Å². The maximum absolute atomic E-state index is 16.1. The third-order valence-electron chi connectivity index (χ3n) is 9.87. The number of oxime groups is 1. The largest absolute Gasteiger partial charge is 1.00 e. The number of aromatic carboxylic acids is 1. The SMILES string of the molecule is CC(C)(C)OC(=O)C(C)(C)O/N=C(\C(=O)N[C@H]1C(=O)N2C=C(C[N+]3(C)CCN(c4c(F)cc5c(=O)c(C(=O)O)cn(CCF)c5c4F)CC3)CS[C@@H]12)c1csc(N)n1.[I-]. The third kappa shape index (κ3) is 9.49. The molecule has 3 aliphatic rings. The molecule has 5 heterocycles. The lowest BCUT2D eigenvalue weighted by molar-refractivity contribution is -0.905. The van der Waals surface area contributed by atoms with Crippen molar-refractivity contribution in [3.8, 4) is 0 Å². The van der Waals surface area contributed by atoms with Gasteiger partial charge in [0.25, 0.3) is 11.8 Å². The van der Waals surface area contributed by atoms with E-state index in [1.54, 1.807) is 31.9 Å². The number of esters is 1. The molecular formula is C37H44F3IN8O8S2. The number of fused-ring (bicyclic) bond motifs is 2. The monoisotopic (exact) mass is 976 g/mol. The number of nitrogens with zero attached hydrogens (tertiary/aromatic N) is 6. The van der Waals surface area contributed by atoms with Gasteiger partial charge in [0.1, 0.15) is 53.0 Å². The Labute approximate surface area is 362 Å². The summed E-state index contributed by atoms with van der Waals surface area (Å²) in [5.41, 5.74) is 1.67. The molecule has 0 bridgehead atoms. The zero-order chi connectivity index (χ0) is 42.5. The molecule has 2 atom stereocenters. The van der Waals surface area contributed by atoms with Gasteiger partial charge in [-0.1, -0.05) is 5.16 Å². The Morgan fingerprint density at radius 2 is 1.83 bits per heavy atom. The summed E-state index contributed by atoms with van der Waals surface area (Å²) >= 11 is 2.53. The second-order valence-corrected chi connectivity index (χ2v) is 18.0. The Morgan fingerprint density at radius 3 is 2.42 bits per heavy atom. The van der Waals surface area contributed by atoms with Gasteiger partial charge < -0.3 is 68.6 Å². The number of alkyl halides is 1. The van der Waals surface area contributed by atoms with Gasteiger partial charge in [0.2, 0.25) is 11.0 Å². The van der Waals surface area contributed by atoms with E-state index in [4.69, 9.17) is 15.3 Å². The number of carboxylic acids is 1. The van der Waals surface area contributed by atoms with Crippen molar-refractivity contribution in [3.05, 3.63) is 62.5 Å². The van der Waals surface area contributed by atoms with E-state index in [-0.39, 0.29) is 70.7 Å². The third-order valence-corrected chi connectivity index (χ3v) is 11.9. The van der Waals surface area contributed by atoms with Gasteiger partial charge >= 0.3 is 11.9 Å². The van der Waals surface area contributed by atoms with Gasteiger partial charge in [0.15, 0.2) is 16.7 Å². The predicted octanol–water partition coefficient (Wildman–Crippen LogP) is 0.0817. The molecule has 320 valence electrons. The fourth-order valence-corrected chi connectivity index (χ4v) is 8.66. The van der Waals surface area contributed by atoms with Crippen molar-refractivity contribution in [2.24, 2.45) is 5.16 Å².